The van der Waals surface area contributed by atoms with Gasteiger partial charge in [-0.15, -0.1) is 13.2 Å². The molecule has 2 unspecified atom stereocenters. The van der Waals surface area contributed by atoms with Crippen molar-refractivity contribution in [1.29, 1.82) is 0 Å². The van der Waals surface area contributed by atoms with Gasteiger partial charge in [-0.3, -0.25) is 9.59 Å². The van der Waals surface area contributed by atoms with Gasteiger partial charge in [0, 0.05) is 26.2 Å². The molecular formula is C18H28N2O2. The lowest BCUT2D eigenvalue weighted by Gasteiger charge is -2.17. The number of hydrogen-bond acceptors (Lipinski definition) is 2. The second-order valence-corrected chi connectivity index (χ2v) is 6.33. The van der Waals surface area contributed by atoms with E-state index in [0.29, 0.717) is 0 Å². The highest BCUT2D eigenvalue weighted by atomic mass is 16.2. The van der Waals surface area contributed by atoms with Gasteiger partial charge in [-0.05, 0) is 25.7 Å². The van der Waals surface area contributed by atoms with Crippen molar-refractivity contribution in [2.75, 3.05) is 26.2 Å². The molecule has 0 aromatic rings. The third-order valence-electron chi connectivity index (χ3n) is 4.85. The number of hydrogen-bond donors (Lipinski definition) is 0. The van der Waals surface area contributed by atoms with Gasteiger partial charge in [-0.1, -0.05) is 25.0 Å². The summed E-state index contributed by atoms with van der Waals surface area (Å²) in [6, 6.07) is 0. The van der Waals surface area contributed by atoms with E-state index in [0.717, 1.165) is 64.7 Å². The quantitative estimate of drug-likeness (QED) is 0.485. The molecule has 0 bridgehead atoms. The van der Waals surface area contributed by atoms with Crippen LogP contribution in [0.25, 0.3) is 0 Å². The first-order chi connectivity index (χ1) is 10.7. The fourth-order valence-electron chi connectivity index (χ4n) is 3.37. The van der Waals surface area contributed by atoms with Gasteiger partial charge in [0.25, 0.3) is 0 Å². The highest BCUT2D eigenvalue weighted by Gasteiger charge is 2.29. The first-order valence-electron chi connectivity index (χ1n) is 8.50. The first-order valence-corrected chi connectivity index (χ1v) is 8.50. The lowest BCUT2D eigenvalue weighted by atomic mass is 10.1. The molecule has 2 rings (SSSR count). The monoisotopic (exact) mass is 304 g/mol. The molecule has 2 aliphatic rings. The summed E-state index contributed by atoms with van der Waals surface area (Å²) < 4.78 is 0. The summed E-state index contributed by atoms with van der Waals surface area (Å²) in [5.41, 5.74) is 0. The van der Waals surface area contributed by atoms with Crippen molar-refractivity contribution in [3.05, 3.63) is 25.3 Å². The zero-order valence-electron chi connectivity index (χ0n) is 13.5. The van der Waals surface area contributed by atoms with Crippen molar-refractivity contribution >= 4 is 11.8 Å². The lowest BCUT2D eigenvalue weighted by molar-refractivity contribution is -0.130. The topological polar surface area (TPSA) is 40.6 Å². The molecule has 0 N–H and O–H groups in total. The summed E-state index contributed by atoms with van der Waals surface area (Å²) in [6.07, 6.45) is 9.73. The predicted octanol–water partition coefficient (Wildman–Crippen LogP) is 2.62. The standard InChI is InChI=1S/C18H28N2O2/c1-3-15-9-13-19(17(15)21)11-7-5-6-8-12-20-14-10-16(4-2)18(20)22/h3-4,15-16H,1-2,5-14H2. The largest absolute Gasteiger partial charge is 0.342 e. The van der Waals surface area contributed by atoms with E-state index in [1.807, 2.05) is 9.80 Å². The van der Waals surface area contributed by atoms with Crippen LogP contribution in [0.15, 0.2) is 25.3 Å². The van der Waals surface area contributed by atoms with Gasteiger partial charge in [-0.25, -0.2) is 0 Å². The molecule has 4 heteroatoms. The summed E-state index contributed by atoms with van der Waals surface area (Å²) in [5, 5.41) is 0. The van der Waals surface area contributed by atoms with Gasteiger partial charge in [-0.2, -0.15) is 0 Å². The molecule has 2 amide bonds. The van der Waals surface area contributed by atoms with Crippen LogP contribution in [0.4, 0.5) is 0 Å². The van der Waals surface area contributed by atoms with E-state index in [-0.39, 0.29) is 23.7 Å². The van der Waals surface area contributed by atoms with Crippen molar-refractivity contribution < 1.29 is 9.59 Å². The van der Waals surface area contributed by atoms with E-state index in [2.05, 4.69) is 13.2 Å². The third kappa shape index (κ3) is 3.99. The van der Waals surface area contributed by atoms with E-state index in [4.69, 9.17) is 0 Å². The normalized spacial score (nSPS) is 25.1. The van der Waals surface area contributed by atoms with Gasteiger partial charge in [0.05, 0.1) is 11.8 Å². The molecule has 2 saturated heterocycles. The SMILES string of the molecule is C=CC1CCN(CCCCCCN2CCC(C=C)C2=O)C1=O. The number of carbonyl (C=O) groups is 2. The second kappa shape index (κ2) is 8.16. The van der Waals surface area contributed by atoms with Crippen LogP contribution in [0.2, 0.25) is 0 Å². The number of unbranched alkanes of at least 4 members (excludes halogenated alkanes) is 3. The Labute approximate surface area is 133 Å². The summed E-state index contributed by atoms with van der Waals surface area (Å²) in [4.78, 5) is 27.8. The molecule has 0 spiro atoms. The van der Waals surface area contributed by atoms with Crippen LogP contribution in [0.5, 0.6) is 0 Å². The number of likely N-dealkylation sites (tertiary alicyclic amines) is 2. The highest BCUT2D eigenvalue weighted by Crippen LogP contribution is 2.20. The van der Waals surface area contributed by atoms with Gasteiger partial charge in [0.1, 0.15) is 0 Å². The predicted molar refractivity (Wildman–Crippen MR) is 88.2 cm³/mol. The Bertz CT molecular complexity index is 393. The number of nitrogens with zero attached hydrogens (tertiary/aromatic N) is 2. The van der Waals surface area contributed by atoms with Crippen LogP contribution >= 0.6 is 0 Å². The third-order valence-corrected chi connectivity index (χ3v) is 4.85. The lowest BCUT2D eigenvalue weighted by Crippen LogP contribution is -2.28. The van der Waals surface area contributed by atoms with Crippen molar-refractivity contribution in [2.45, 2.75) is 38.5 Å². The van der Waals surface area contributed by atoms with Gasteiger partial charge >= 0.3 is 0 Å². The molecule has 0 aromatic carbocycles. The Morgan fingerprint density at radius 1 is 0.818 bits per heavy atom. The molecule has 0 radical (unpaired) electrons. The maximum absolute atomic E-state index is 11.9. The minimum atomic E-state index is 0.0407. The highest BCUT2D eigenvalue weighted by molar-refractivity contribution is 5.82. The smallest absolute Gasteiger partial charge is 0.229 e. The van der Waals surface area contributed by atoms with Crippen molar-refractivity contribution in [3.8, 4) is 0 Å². The number of rotatable bonds is 9. The molecule has 2 fully saturated rings. The van der Waals surface area contributed by atoms with Crippen LogP contribution < -0.4 is 0 Å². The molecule has 0 saturated carbocycles. The Kier molecular flexibility index (Phi) is 6.22. The average molecular weight is 304 g/mol. The zero-order chi connectivity index (χ0) is 15.9. The minimum Gasteiger partial charge on any atom is -0.342 e. The molecule has 4 nitrogen and oxygen atoms in total. The fourth-order valence-corrected chi connectivity index (χ4v) is 3.37. The summed E-state index contributed by atoms with van der Waals surface area (Å²) >= 11 is 0. The number of amides is 2. The Morgan fingerprint density at radius 2 is 1.23 bits per heavy atom. The molecule has 0 aromatic heterocycles. The van der Waals surface area contributed by atoms with Crippen LogP contribution in [0, 0.1) is 11.8 Å². The maximum Gasteiger partial charge on any atom is 0.229 e. The molecular weight excluding hydrogens is 276 g/mol. The molecule has 2 aliphatic heterocycles. The van der Waals surface area contributed by atoms with Crippen molar-refractivity contribution in [3.63, 3.8) is 0 Å². The van der Waals surface area contributed by atoms with E-state index in [9.17, 15) is 9.59 Å². The molecule has 122 valence electrons. The zero-order valence-corrected chi connectivity index (χ0v) is 13.5. The minimum absolute atomic E-state index is 0.0407. The molecule has 2 atom stereocenters. The number of carbonyl (C=O) groups excluding carboxylic acids is 2. The van der Waals surface area contributed by atoms with E-state index in [1.54, 1.807) is 12.2 Å². The van der Waals surface area contributed by atoms with Crippen LogP contribution in [-0.4, -0.2) is 47.8 Å². The Morgan fingerprint density at radius 3 is 1.55 bits per heavy atom. The molecule has 0 aliphatic carbocycles. The van der Waals surface area contributed by atoms with Crippen LogP contribution in [0.1, 0.15) is 38.5 Å². The summed E-state index contributed by atoms with van der Waals surface area (Å²) in [5.74, 6) is 0.569. The van der Waals surface area contributed by atoms with Gasteiger partial charge in [0.2, 0.25) is 11.8 Å². The van der Waals surface area contributed by atoms with Gasteiger partial charge in [0.15, 0.2) is 0 Å². The Hall–Kier alpha value is -1.58. The van der Waals surface area contributed by atoms with Crippen LogP contribution in [-0.2, 0) is 9.59 Å². The molecule has 22 heavy (non-hydrogen) atoms. The van der Waals surface area contributed by atoms with E-state index in [1.165, 1.54) is 0 Å². The maximum atomic E-state index is 11.9. The van der Waals surface area contributed by atoms with Crippen molar-refractivity contribution in [1.82, 2.24) is 9.80 Å². The van der Waals surface area contributed by atoms with Gasteiger partial charge < -0.3 is 9.80 Å². The van der Waals surface area contributed by atoms with Crippen LogP contribution in [0.3, 0.4) is 0 Å². The van der Waals surface area contributed by atoms with E-state index < -0.39 is 0 Å². The second-order valence-electron chi connectivity index (χ2n) is 6.33. The summed E-state index contributed by atoms with van der Waals surface area (Å²) in [6.45, 7) is 10.9. The Balaban J connectivity index is 1.53. The summed E-state index contributed by atoms with van der Waals surface area (Å²) in [7, 11) is 0. The molecule has 2 heterocycles. The fraction of sp³-hybridized carbons (Fsp3) is 0.667. The average Bonchev–Trinajstić information content (AvgIpc) is 3.06. The first kappa shape index (κ1) is 16.8. The van der Waals surface area contributed by atoms with E-state index >= 15 is 0 Å². The van der Waals surface area contributed by atoms with Crippen molar-refractivity contribution in [2.24, 2.45) is 11.8 Å².